The third kappa shape index (κ3) is 28.7. The van der Waals surface area contributed by atoms with Crippen molar-refractivity contribution in [3.05, 3.63) is 24.5 Å². The van der Waals surface area contributed by atoms with Crippen LogP contribution in [0.5, 0.6) is 0 Å². The fraction of sp³-hybridized carbons (Fsp3) is 0.884. The van der Waals surface area contributed by atoms with Crippen LogP contribution in [0.1, 0.15) is 181 Å². The molecule has 0 aromatic rings. The summed E-state index contributed by atoms with van der Waals surface area (Å²) in [5, 5.41) is 31.4. The first-order valence-electron chi connectivity index (χ1n) is 22.1. The van der Waals surface area contributed by atoms with Gasteiger partial charge in [0.2, 0.25) is 0 Å². The predicted octanol–water partition coefficient (Wildman–Crippen LogP) is 9.59. The van der Waals surface area contributed by atoms with Crippen molar-refractivity contribution in [1.29, 1.82) is 0 Å². The van der Waals surface area contributed by atoms with Crippen molar-refractivity contribution in [3.63, 3.8) is 0 Å². The minimum Gasteiger partial charge on any atom is -0.498 e. The largest absolute Gasteiger partial charge is 0.498 e. The number of rotatable bonds is 38. The van der Waals surface area contributed by atoms with E-state index in [-0.39, 0.29) is 44.6 Å². The molecule has 55 heavy (non-hydrogen) atoms. The topological polar surface area (TPSA) is 178 Å². The number of phosphoric ester groups is 1. The molecule has 7 atom stereocenters. The van der Waals surface area contributed by atoms with Gasteiger partial charge in [0.1, 0.15) is 6.61 Å². The van der Waals surface area contributed by atoms with Gasteiger partial charge in [-0.2, -0.15) is 0 Å². The molecule has 1 unspecified atom stereocenters. The van der Waals surface area contributed by atoms with E-state index < -0.39 is 38.2 Å². The Balaban J connectivity index is 2.34. The highest BCUT2D eigenvalue weighted by Crippen LogP contribution is 2.43. The Labute approximate surface area is 334 Å². The molecule has 6 N–H and O–H groups in total. The van der Waals surface area contributed by atoms with Gasteiger partial charge >= 0.3 is 13.8 Å². The molecule has 12 heteroatoms. The quantitative estimate of drug-likeness (QED) is 0.0132. The number of allylic oxidation sites excluding steroid dienone is 1. The van der Waals surface area contributed by atoms with Crippen LogP contribution in [0, 0.1) is 11.8 Å². The summed E-state index contributed by atoms with van der Waals surface area (Å²) in [6.45, 7) is 3.91. The molecule has 1 aliphatic carbocycles. The summed E-state index contributed by atoms with van der Waals surface area (Å²) in [6, 6.07) is 0. The van der Waals surface area contributed by atoms with Crippen LogP contribution in [0.25, 0.3) is 0 Å². The average molecular weight is 804 g/mol. The summed E-state index contributed by atoms with van der Waals surface area (Å²) < 4.78 is 33.2. The van der Waals surface area contributed by atoms with Crippen molar-refractivity contribution in [3.8, 4) is 0 Å². The van der Waals surface area contributed by atoms with Crippen LogP contribution < -0.4 is 5.73 Å². The molecule has 0 amide bonds. The van der Waals surface area contributed by atoms with Gasteiger partial charge in [0, 0.05) is 25.3 Å². The van der Waals surface area contributed by atoms with E-state index in [2.05, 4.69) is 13.8 Å². The van der Waals surface area contributed by atoms with E-state index in [9.17, 15) is 29.6 Å². The van der Waals surface area contributed by atoms with E-state index in [1.165, 1.54) is 83.5 Å². The highest BCUT2D eigenvalue weighted by Gasteiger charge is 2.39. The first kappa shape index (κ1) is 51.7. The van der Waals surface area contributed by atoms with E-state index in [4.69, 9.17) is 24.3 Å². The van der Waals surface area contributed by atoms with Crippen LogP contribution >= 0.6 is 7.82 Å². The van der Waals surface area contributed by atoms with Gasteiger partial charge in [-0.15, -0.1) is 0 Å². The summed E-state index contributed by atoms with van der Waals surface area (Å²) in [5.74, 6) is -0.693. The molecule has 0 heterocycles. The van der Waals surface area contributed by atoms with Gasteiger partial charge < -0.3 is 35.4 Å². The first-order valence-corrected chi connectivity index (χ1v) is 23.6. The number of aliphatic hydroxyl groups excluding tert-OH is 3. The minimum atomic E-state index is -4.35. The van der Waals surface area contributed by atoms with Gasteiger partial charge in [0.05, 0.1) is 37.8 Å². The van der Waals surface area contributed by atoms with Gasteiger partial charge in [-0.25, -0.2) is 4.57 Å². The van der Waals surface area contributed by atoms with E-state index >= 15 is 0 Å². The molecule has 11 nitrogen and oxygen atoms in total. The Bertz CT molecular complexity index is 1010. The number of nitrogens with two attached hydrogens (primary N) is 1. The van der Waals surface area contributed by atoms with Gasteiger partial charge in [0.25, 0.3) is 0 Å². The Kier molecular flexibility index (Phi) is 32.6. The molecular formula is C43H82NO10P. The number of hydrogen-bond donors (Lipinski definition) is 5. The number of aliphatic hydroxyl groups is 3. The van der Waals surface area contributed by atoms with Crippen LogP contribution in [0.4, 0.5) is 0 Å². The lowest BCUT2D eigenvalue weighted by atomic mass is 9.88. The number of ether oxygens (including phenoxy) is 2. The molecule has 0 aromatic heterocycles. The van der Waals surface area contributed by atoms with E-state index in [0.717, 1.165) is 57.8 Å². The van der Waals surface area contributed by atoms with Gasteiger partial charge in [-0.05, 0) is 44.1 Å². The Hall–Kier alpha value is -1.30. The van der Waals surface area contributed by atoms with Gasteiger partial charge in [-0.3, -0.25) is 13.8 Å². The number of carbonyl (C=O) groups is 1. The van der Waals surface area contributed by atoms with Crippen molar-refractivity contribution in [2.24, 2.45) is 17.6 Å². The molecule has 0 spiro atoms. The summed E-state index contributed by atoms with van der Waals surface area (Å²) in [4.78, 5) is 22.6. The zero-order chi connectivity index (χ0) is 40.4. The van der Waals surface area contributed by atoms with Crippen molar-refractivity contribution in [2.75, 3.05) is 26.4 Å². The van der Waals surface area contributed by atoms with Crippen LogP contribution in [0.3, 0.4) is 0 Å². The average Bonchev–Trinajstić information content (AvgIpc) is 3.43. The zero-order valence-electron chi connectivity index (χ0n) is 34.7. The number of phosphoric acid groups is 1. The van der Waals surface area contributed by atoms with Crippen LogP contribution in [0.15, 0.2) is 24.5 Å². The molecule has 0 saturated heterocycles. The maximum atomic E-state index is 12.7. The molecule has 1 fully saturated rings. The number of carbonyl (C=O) groups excluding carboxylic acids is 1. The molecule has 0 bridgehead atoms. The van der Waals surface area contributed by atoms with Crippen molar-refractivity contribution in [1.82, 2.24) is 0 Å². The highest BCUT2D eigenvalue weighted by atomic mass is 31.2. The third-order valence-corrected chi connectivity index (χ3v) is 11.5. The monoisotopic (exact) mass is 804 g/mol. The molecule has 1 aliphatic rings. The summed E-state index contributed by atoms with van der Waals surface area (Å²) in [5.41, 5.74) is 5.36. The minimum absolute atomic E-state index is 0.0290. The smallest absolute Gasteiger partial charge is 0.472 e. The zero-order valence-corrected chi connectivity index (χ0v) is 35.6. The summed E-state index contributed by atoms with van der Waals surface area (Å²) in [6.07, 6.45) is 32.1. The molecule has 0 aliphatic heterocycles. The van der Waals surface area contributed by atoms with Crippen molar-refractivity contribution < 1.29 is 48.1 Å². The number of hydrogen-bond acceptors (Lipinski definition) is 10. The maximum absolute atomic E-state index is 12.7. The SMILES string of the molecule is CCCCCCCCCCCCCCCC/C=C/OC[C@H](COP(=O)(O)OCCN)OC(=O)CCCCCC[C@@H]1[C@@H](/C=C/[C@@H](O)CCCCC)[C@H](O)C[C@@H]1O. The number of unbranched alkanes of at least 4 members (excludes halogenated alkanes) is 19. The predicted molar refractivity (Wildman–Crippen MR) is 221 cm³/mol. The van der Waals surface area contributed by atoms with Crippen LogP contribution in [-0.2, 0) is 27.9 Å². The second-order valence-electron chi connectivity index (χ2n) is 15.6. The fourth-order valence-electron chi connectivity index (χ4n) is 7.24. The molecule has 0 aromatic carbocycles. The summed E-state index contributed by atoms with van der Waals surface area (Å²) >= 11 is 0. The van der Waals surface area contributed by atoms with Gasteiger partial charge in [0.15, 0.2) is 6.10 Å². The Morgan fingerprint density at radius 3 is 2.00 bits per heavy atom. The van der Waals surface area contributed by atoms with Crippen LogP contribution in [0.2, 0.25) is 0 Å². The maximum Gasteiger partial charge on any atom is 0.472 e. The lowest BCUT2D eigenvalue weighted by Gasteiger charge is -2.21. The number of esters is 1. The fourth-order valence-corrected chi connectivity index (χ4v) is 8.00. The first-order chi connectivity index (χ1) is 26.6. The molecule has 324 valence electrons. The normalized spacial score (nSPS) is 21.0. The van der Waals surface area contributed by atoms with Crippen molar-refractivity contribution >= 4 is 13.8 Å². The second kappa shape index (κ2) is 34.7. The standard InChI is InChI=1S/C43H82NO10P/c1-3-5-7-8-9-10-11-12-13-14-15-16-17-18-21-25-32-51-35-38(36-53-55(49,50)52-33-31-44)54-43(48)28-24-20-19-23-27-39-40(42(47)34-41(39)46)30-29-37(45)26-22-6-4-2/h25,29-30,32,37-42,45-47H,3-24,26-28,31,33-36,44H2,1-2H3,(H,49,50)/b30-29+,32-25+/t37-,38+,39+,40+,41-,42+/m0/s1. The molecule has 0 radical (unpaired) electrons. The Morgan fingerprint density at radius 1 is 0.782 bits per heavy atom. The molecular weight excluding hydrogens is 721 g/mol. The Morgan fingerprint density at radius 2 is 1.36 bits per heavy atom. The molecule has 1 saturated carbocycles. The van der Waals surface area contributed by atoms with E-state index in [0.29, 0.717) is 19.3 Å². The second-order valence-corrected chi connectivity index (χ2v) is 17.1. The van der Waals surface area contributed by atoms with E-state index in [1.807, 2.05) is 12.2 Å². The van der Waals surface area contributed by atoms with E-state index in [1.54, 1.807) is 12.3 Å². The lowest BCUT2D eigenvalue weighted by Crippen LogP contribution is -2.27. The third-order valence-electron chi connectivity index (χ3n) is 10.5. The van der Waals surface area contributed by atoms with Gasteiger partial charge in [-0.1, -0.05) is 148 Å². The summed E-state index contributed by atoms with van der Waals surface area (Å²) in [7, 11) is -4.35. The lowest BCUT2D eigenvalue weighted by molar-refractivity contribution is -0.153. The highest BCUT2D eigenvalue weighted by molar-refractivity contribution is 7.47. The van der Waals surface area contributed by atoms with Crippen LogP contribution in [-0.4, -0.2) is 77.0 Å². The molecule has 1 rings (SSSR count). The van der Waals surface area contributed by atoms with Crippen molar-refractivity contribution in [2.45, 2.75) is 205 Å².